The van der Waals surface area contributed by atoms with Crippen LogP contribution < -0.4 is 0 Å². The maximum Gasteiger partial charge on any atom is 0.0832 e. The topological polar surface area (TPSA) is 44.0 Å². The Morgan fingerprint density at radius 3 is 2.67 bits per heavy atom. The standard InChI is InChI=1S/C10H17NO/c1-8-4-3-5-10(6-8,7-11)9(2)12/h8-9,12H,3-6H2,1-2H3. The molecular formula is C10H17NO. The number of rotatable bonds is 1. The van der Waals surface area contributed by atoms with E-state index >= 15 is 0 Å². The van der Waals surface area contributed by atoms with E-state index in [1.807, 2.05) is 0 Å². The maximum atomic E-state index is 9.52. The molecule has 0 bridgehead atoms. The Hall–Kier alpha value is -0.550. The third kappa shape index (κ3) is 1.61. The summed E-state index contributed by atoms with van der Waals surface area (Å²) in [7, 11) is 0. The van der Waals surface area contributed by atoms with Crippen molar-refractivity contribution >= 4 is 0 Å². The van der Waals surface area contributed by atoms with Crippen molar-refractivity contribution in [3.8, 4) is 6.07 Å². The minimum atomic E-state index is -0.481. The molecule has 0 aliphatic heterocycles. The lowest BCUT2D eigenvalue weighted by Gasteiger charge is -2.36. The Kier molecular flexibility index (Phi) is 2.74. The summed E-state index contributed by atoms with van der Waals surface area (Å²) in [5.41, 5.74) is -0.447. The van der Waals surface area contributed by atoms with Gasteiger partial charge in [-0.25, -0.2) is 0 Å². The fourth-order valence-corrected chi connectivity index (χ4v) is 2.17. The van der Waals surface area contributed by atoms with E-state index in [4.69, 9.17) is 5.26 Å². The first-order chi connectivity index (χ1) is 5.60. The van der Waals surface area contributed by atoms with Gasteiger partial charge in [-0.15, -0.1) is 0 Å². The maximum absolute atomic E-state index is 9.52. The summed E-state index contributed by atoms with van der Waals surface area (Å²) >= 11 is 0. The molecule has 68 valence electrons. The Labute approximate surface area is 74.2 Å². The zero-order chi connectivity index (χ0) is 9.19. The van der Waals surface area contributed by atoms with Crippen LogP contribution >= 0.6 is 0 Å². The third-order valence-electron chi connectivity index (χ3n) is 3.05. The predicted molar refractivity (Wildman–Crippen MR) is 47.4 cm³/mol. The van der Waals surface area contributed by atoms with E-state index in [0.717, 1.165) is 19.3 Å². The predicted octanol–water partition coefficient (Wildman–Crippen LogP) is 2.09. The molecule has 3 unspecified atom stereocenters. The molecule has 1 aliphatic rings. The van der Waals surface area contributed by atoms with Gasteiger partial charge in [-0.2, -0.15) is 5.26 Å². The number of hydrogen-bond donors (Lipinski definition) is 1. The Balaban J connectivity index is 2.73. The van der Waals surface area contributed by atoms with Gasteiger partial charge < -0.3 is 5.11 Å². The molecule has 1 saturated carbocycles. The summed E-state index contributed by atoms with van der Waals surface area (Å²) in [5, 5.41) is 18.5. The summed E-state index contributed by atoms with van der Waals surface area (Å²) in [6.07, 6.45) is 3.54. The molecule has 1 rings (SSSR count). The van der Waals surface area contributed by atoms with Crippen LogP contribution in [-0.2, 0) is 0 Å². The summed E-state index contributed by atoms with van der Waals surface area (Å²) < 4.78 is 0. The molecule has 0 radical (unpaired) electrons. The fraction of sp³-hybridized carbons (Fsp3) is 0.900. The van der Waals surface area contributed by atoms with Crippen molar-refractivity contribution in [3.05, 3.63) is 0 Å². The van der Waals surface area contributed by atoms with Crippen LogP contribution in [-0.4, -0.2) is 11.2 Å². The third-order valence-corrected chi connectivity index (χ3v) is 3.05. The monoisotopic (exact) mass is 167 g/mol. The number of nitriles is 1. The summed E-state index contributed by atoms with van der Waals surface area (Å²) in [4.78, 5) is 0. The molecule has 3 atom stereocenters. The highest BCUT2D eigenvalue weighted by Gasteiger charge is 2.39. The van der Waals surface area contributed by atoms with Crippen LogP contribution in [0.1, 0.15) is 39.5 Å². The molecule has 2 heteroatoms. The average molecular weight is 167 g/mol. The van der Waals surface area contributed by atoms with Gasteiger partial charge in [0.25, 0.3) is 0 Å². The summed E-state index contributed by atoms with van der Waals surface area (Å²) in [5.74, 6) is 0.591. The van der Waals surface area contributed by atoms with Gasteiger partial charge in [-0.3, -0.25) is 0 Å². The molecule has 1 aliphatic carbocycles. The average Bonchev–Trinajstić information content (AvgIpc) is 2.04. The van der Waals surface area contributed by atoms with E-state index in [9.17, 15) is 5.11 Å². The van der Waals surface area contributed by atoms with E-state index in [1.165, 1.54) is 6.42 Å². The van der Waals surface area contributed by atoms with Crippen LogP contribution in [0.3, 0.4) is 0 Å². The van der Waals surface area contributed by atoms with Gasteiger partial charge in [-0.05, 0) is 25.7 Å². The molecule has 1 fully saturated rings. The Bertz CT molecular complexity index is 195. The molecule has 2 nitrogen and oxygen atoms in total. The second-order valence-corrected chi connectivity index (χ2v) is 4.15. The van der Waals surface area contributed by atoms with E-state index in [-0.39, 0.29) is 0 Å². The van der Waals surface area contributed by atoms with Crippen LogP contribution in [0.4, 0.5) is 0 Å². The molecule has 0 saturated heterocycles. The Morgan fingerprint density at radius 1 is 1.67 bits per heavy atom. The first-order valence-electron chi connectivity index (χ1n) is 4.70. The molecule has 0 aromatic carbocycles. The second-order valence-electron chi connectivity index (χ2n) is 4.15. The minimum absolute atomic E-state index is 0.447. The van der Waals surface area contributed by atoms with E-state index in [2.05, 4.69) is 13.0 Å². The molecule has 0 spiro atoms. The highest BCUT2D eigenvalue weighted by Crippen LogP contribution is 2.41. The van der Waals surface area contributed by atoms with Crippen LogP contribution in [0.15, 0.2) is 0 Å². The van der Waals surface area contributed by atoms with Crippen molar-refractivity contribution < 1.29 is 5.11 Å². The zero-order valence-corrected chi connectivity index (χ0v) is 7.88. The summed E-state index contributed by atoms with van der Waals surface area (Å²) in [6.45, 7) is 3.90. The van der Waals surface area contributed by atoms with Crippen LogP contribution in [0, 0.1) is 22.7 Å². The lowest BCUT2D eigenvalue weighted by Crippen LogP contribution is -2.36. The van der Waals surface area contributed by atoms with Gasteiger partial charge in [0.2, 0.25) is 0 Å². The minimum Gasteiger partial charge on any atom is -0.392 e. The first-order valence-corrected chi connectivity index (χ1v) is 4.70. The normalized spacial score (nSPS) is 38.7. The zero-order valence-electron chi connectivity index (χ0n) is 7.88. The van der Waals surface area contributed by atoms with Crippen LogP contribution in [0.2, 0.25) is 0 Å². The SMILES string of the molecule is CC1CCCC(C#N)(C(C)O)C1. The smallest absolute Gasteiger partial charge is 0.0832 e. The van der Waals surface area contributed by atoms with E-state index in [0.29, 0.717) is 5.92 Å². The van der Waals surface area contributed by atoms with Gasteiger partial charge in [0.1, 0.15) is 0 Å². The van der Waals surface area contributed by atoms with Gasteiger partial charge >= 0.3 is 0 Å². The van der Waals surface area contributed by atoms with Gasteiger partial charge in [-0.1, -0.05) is 19.8 Å². The van der Waals surface area contributed by atoms with Crippen LogP contribution in [0.5, 0.6) is 0 Å². The lowest BCUT2D eigenvalue weighted by molar-refractivity contribution is 0.0367. The van der Waals surface area contributed by atoms with Crippen molar-refractivity contribution in [2.45, 2.75) is 45.6 Å². The number of aliphatic hydroxyl groups is 1. The van der Waals surface area contributed by atoms with Crippen molar-refractivity contribution in [2.24, 2.45) is 11.3 Å². The number of aliphatic hydroxyl groups excluding tert-OH is 1. The molecule has 0 heterocycles. The molecule has 0 amide bonds. The lowest BCUT2D eigenvalue weighted by atomic mass is 9.68. The van der Waals surface area contributed by atoms with Crippen molar-refractivity contribution in [3.63, 3.8) is 0 Å². The van der Waals surface area contributed by atoms with E-state index in [1.54, 1.807) is 6.92 Å². The van der Waals surface area contributed by atoms with Crippen LogP contribution in [0.25, 0.3) is 0 Å². The molecule has 0 aromatic heterocycles. The van der Waals surface area contributed by atoms with Crippen molar-refractivity contribution in [2.75, 3.05) is 0 Å². The van der Waals surface area contributed by atoms with Gasteiger partial charge in [0.05, 0.1) is 17.6 Å². The van der Waals surface area contributed by atoms with Gasteiger partial charge in [0.15, 0.2) is 0 Å². The van der Waals surface area contributed by atoms with Crippen molar-refractivity contribution in [1.82, 2.24) is 0 Å². The quantitative estimate of drug-likeness (QED) is 0.649. The molecule has 1 N–H and O–H groups in total. The highest BCUT2D eigenvalue weighted by molar-refractivity contribution is 5.04. The van der Waals surface area contributed by atoms with E-state index < -0.39 is 11.5 Å². The molecule has 12 heavy (non-hydrogen) atoms. The fourth-order valence-electron chi connectivity index (χ4n) is 2.17. The molecular weight excluding hydrogens is 150 g/mol. The highest BCUT2D eigenvalue weighted by atomic mass is 16.3. The largest absolute Gasteiger partial charge is 0.392 e. The van der Waals surface area contributed by atoms with Crippen molar-refractivity contribution in [1.29, 1.82) is 5.26 Å². The number of hydrogen-bond acceptors (Lipinski definition) is 2. The number of nitrogens with zero attached hydrogens (tertiary/aromatic N) is 1. The first kappa shape index (κ1) is 9.54. The molecule has 0 aromatic rings. The second kappa shape index (κ2) is 3.45. The summed E-state index contributed by atoms with van der Waals surface area (Å²) in [6, 6.07) is 2.30. The Morgan fingerprint density at radius 2 is 2.33 bits per heavy atom. The van der Waals surface area contributed by atoms with Gasteiger partial charge in [0, 0.05) is 0 Å².